The van der Waals surface area contributed by atoms with E-state index in [1.54, 1.807) is 30.3 Å². The molecule has 0 N–H and O–H groups in total. The Balaban J connectivity index is 1.64. The van der Waals surface area contributed by atoms with Gasteiger partial charge < -0.3 is 14.4 Å². The molecule has 0 saturated carbocycles. The van der Waals surface area contributed by atoms with E-state index in [-0.39, 0.29) is 28.6 Å². The predicted molar refractivity (Wildman–Crippen MR) is 117 cm³/mol. The molecule has 0 unspecified atom stereocenters. The predicted octanol–water partition coefficient (Wildman–Crippen LogP) is 2.75. The SMILES string of the molecule is COc1ccc(C(=O)N=C2S[C@H]3CS(=O)(=O)C[C@H]3N2Cc2ccc(F)cc2)cc1OC. The molecule has 0 bridgehead atoms. The lowest BCUT2D eigenvalue weighted by atomic mass is 10.1. The number of rotatable bonds is 5. The van der Waals surface area contributed by atoms with Crippen molar-refractivity contribution in [2.75, 3.05) is 25.7 Å². The van der Waals surface area contributed by atoms with Crippen molar-refractivity contribution in [1.29, 1.82) is 0 Å². The molecule has 10 heteroatoms. The topological polar surface area (TPSA) is 85.3 Å². The van der Waals surface area contributed by atoms with Gasteiger partial charge in [0, 0.05) is 17.4 Å². The maximum absolute atomic E-state index is 13.3. The van der Waals surface area contributed by atoms with Crippen LogP contribution >= 0.6 is 11.8 Å². The lowest BCUT2D eigenvalue weighted by Crippen LogP contribution is -2.37. The molecule has 2 saturated heterocycles. The average molecular weight is 465 g/mol. The Hall–Kier alpha value is -2.59. The smallest absolute Gasteiger partial charge is 0.279 e. The minimum Gasteiger partial charge on any atom is -0.493 e. The fourth-order valence-electron chi connectivity index (χ4n) is 3.73. The number of hydrogen-bond acceptors (Lipinski definition) is 6. The van der Waals surface area contributed by atoms with Crippen LogP contribution in [0, 0.1) is 5.82 Å². The molecule has 7 nitrogen and oxygen atoms in total. The maximum Gasteiger partial charge on any atom is 0.279 e. The van der Waals surface area contributed by atoms with Gasteiger partial charge in [0.05, 0.1) is 31.8 Å². The Morgan fingerprint density at radius 3 is 2.52 bits per heavy atom. The van der Waals surface area contributed by atoms with Gasteiger partial charge in [0.1, 0.15) is 5.82 Å². The summed E-state index contributed by atoms with van der Waals surface area (Å²) in [4.78, 5) is 19.0. The molecule has 2 aromatic rings. The molecule has 4 rings (SSSR count). The number of sulfone groups is 1. The first-order valence-electron chi connectivity index (χ1n) is 9.53. The van der Waals surface area contributed by atoms with E-state index in [2.05, 4.69) is 4.99 Å². The van der Waals surface area contributed by atoms with Crippen LogP contribution in [0.5, 0.6) is 11.5 Å². The molecular formula is C21H21FN2O5S2. The van der Waals surface area contributed by atoms with Crippen molar-refractivity contribution >= 4 is 32.7 Å². The molecule has 0 radical (unpaired) electrons. The van der Waals surface area contributed by atoms with E-state index in [9.17, 15) is 17.6 Å². The van der Waals surface area contributed by atoms with E-state index in [1.165, 1.54) is 38.1 Å². The Labute approximate surface area is 184 Å². The lowest BCUT2D eigenvalue weighted by molar-refractivity contribution is 0.100. The van der Waals surface area contributed by atoms with Gasteiger partial charge in [-0.05, 0) is 35.9 Å². The number of carbonyl (C=O) groups excluding carboxylic acids is 1. The first kappa shape index (κ1) is 21.6. The second-order valence-electron chi connectivity index (χ2n) is 7.32. The first-order chi connectivity index (χ1) is 14.8. The fraction of sp³-hybridized carbons (Fsp3) is 0.333. The van der Waals surface area contributed by atoms with Gasteiger partial charge in [0.2, 0.25) is 0 Å². The third-order valence-corrected chi connectivity index (χ3v) is 8.52. The van der Waals surface area contributed by atoms with Gasteiger partial charge in [-0.3, -0.25) is 4.79 Å². The standard InChI is InChI=1S/C21H21FN2O5S2/c1-28-17-8-5-14(9-18(17)29-2)20(25)23-21-24(10-13-3-6-15(22)7-4-13)16-11-31(26,27)12-19(16)30-21/h3-9,16,19H,10-12H2,1-2H3/t16-,19+/m1/s1. The summed E-state index contributed by atoms with van der Waals surface area (Å²) in [7, 11) is -0.159. The molecule has 31 heavy (non-hydrogen) atoms. The van der Waals surface area contributed by atoms with Crippen LogP contribution in [-0.4, -0.2) is 61.4 Å². The van der Waals surface area contributed by atoms with Crippen LogP contribution < -0.4 is 9.47 Å². The van der Waals surface area contributed by atoms with Crippen molar-refractivity contribution in [1.82, 2.24) is 4.90 Å². The van der Waals surface area contributed by atoms with Gasteiger partial charge in [-0.2, -0.15) is 4.99 Å². The van der Waals surface area contributed by atoms with E-state index in [0.717, 1.165) is 5.56 Å². The number of nitrogens with zero attached hydrogens (tertiary/aromatic N) is 2. The molecule has 2 atom stereocenters. The zero-order valence-corrected chi connectivity index (χ0v) is 18.6. The van der Waals surface area contributed by atoms with Gasteiger partial charge in [-0.25, -0.2) is 12.8 Å². The quantitative estimate of drug-likeness (QED) is 0.673. The third kappa shape index (κ3) is 4.54. The van der Waals surface area contributed by atoms with Crippen LogP contribution in [0.2, 0.25) is 0 Å². The Kier molecular flexibility index (Phi) is 5.94. The van der Waals surface area contributed by atoms with Crippen LogP contribution in [0.25, 0.3) is 0 Å². The summed E-state index contributed by atoms with van der Waals surface area (Å²) in [5, 5.41) is 0.274. The molecule has 0 aliphatic carbocycles. The van der Waals surface area contributed by atoms with Crippen LogP contribution in [0.15, 0.2) is 47.5 Å². The van der Waals surface area contributed by atoms with Crippen LogP contribution in [-0.2, 0) is 16.4 Å². The lowest BCUT2D eigenvalue weighted by Gasteiger charge is -2.24. The summed E-state index contributed by atoms with van der Waals surface area (Å²) in [5.74, 6) is 0.161. The summed E-state index contributed by atoms with van der Waals surface area (Å²) < 4.78 is 48.0. The summed E-state index contributed by atoms with van der Waals surface area (Å²) >= 11 is 1.30. The molecule has 164 valence electrons. The van der Waals surface area contributed by atoms with E-state index >= 15 is 0 Å². The zero-order chi connectivity index (χ0) is 22.2. The van der Waals surface area contributed by atoms with Gasteiger partial charge in [-0.1, -0.05) is 23.9 Å². The van der Waals surface area contributed by atoms with Gasteiger partial charge >= 0.3 is 0 Å². The van der Waals surface area contributed by atoms with E-state index in [0.29, 0.717) is 28.8 Å². The van der Waals surface area contributed by atoms with Crippen molar-refractivity contribution in [2.45, 2.75) is 17.8 Å². The molecule has 2 aliphatic heterocycles. The number of amidine groups is 1. The number of benzene rings is 2. The summed E-state index contributed by atoms with van der Waals surface area (Å²) in [6.07, 6.45) is 0. The molecule has 2 aliphatic rings. The number of methoxy groups -OCH3 is 2. The van der Waals surface area contributed by atoms with Crippen LogP contribution in [0.3, 0.4) is 0 Å². The second kappa shape index (κ2) is 8.51. The number of ether oxygens (including phenoxy) is 2. The van der Waals surface area contributed by atoms with Crippen molar-refractivity contribution in [3.05, 3.63) is 59.4 Å². The van der Waals surface area contributed by atoms with E-state index in [4.69, 9.17) is 9.47 Å². The minimum absolute atomic E-state index is 0.00936. The third-order valence-electron chi connectivity index (χ3n) is 5.27. The number of halogens is 1. The van der Waals surface area contributed by atoms with Crippen LogP contribution in [0.1, 0.15) is 15.9 Å². The van der Waals surface area contributed by atoms with E-state index in [1.807, 2.05) is 4.90 Å². The zero-order valence-electron chi connectivity index (χ0n) is 16.9. The highest BCUT2D eigenvalue weighted by atomic mass is 32.2. The van der Waals surface area contributed by atoms with Crippen molar-refractivity contribution in [2.24, 2.45) is 4.99 Å². The highest BCUT2D eigenvalue weighted by Gasteiger charge is 2.48. The number of fused-ring (bicyclic) bond motifs is 1. The molecule has 0 spiro atoms. The number of carbonyl (C=O) groups is 1. The molecule has 2 heterocycles. The molecule has 1 amide bonds. The Morgan fingerprint density at radius 1 is 1.13 bits per heavy atom. The molecule has 2 fully saturated rings. The highest BCUT2D eigenvalue weighted by Crippen LogP contribution is 2.39. The minimum atomic E-state index is -3.15. The van der Waals surface area contributed by atoms with Crippen LogP contribution in [0.4, 0.5) is 4.39 Å². The Morgan fingerprint density at radius 2 is 1.84 bits per heavy atom. The van der Waals surface area contributed by atoms with E-state index < -0.39 is 15.7 Å². The largest absolute Gasteiger partial charge is 0.493 e. The summed E-state index contributed by atoms with van der Waals surface area (Å²) in [5.41, 5.74) is 1.13. The maximum atomic E-state index is 13.3. The molecule has 0 aromatic heterocycles. The number of amides is 1. The number of thioether (sulfide) groups is 1. The van der Waals surface area contributed by atoms with Gasteiger partial charge in [-0.15, -0.1) is 0 Å². The first-order valence-corrected chi connectivity index (χ1v) is 12.2. The molecular weight excluding hydrogens is 443 g/mol. The van der Waals surface area contributed by atoms with Gasteiger partial charge in [0.25, 0.3) is 5.91 Å². The van der Waals surface area contributed by atoms with Crippen molar-refractivity contribution < 1.29 is 27.1 Å². The van der Waals surface area contributed by atoms with Gasteiger partial charge in [0.15, 0.2) is 26.5 Å². The highest BCUT2D eigenvalue weighted by molar-refractivity contribution is 8.15. The van der Waals surface area contributed by atoms with Crippen molar-refractivity contribution in [3.8, 4) is 11.5 Å². The Bertz CT molecular complexity index is 1130. The monoisotopic (exact) mass is 464 g/mol. The summed E-state index contributed by atoms with van der Waals surface area (Å²) in [6, 6.07) is 10.5. The number of aliphatic imine (C=N–C) groups is 1. The fourth-order valence-corrected chi connectivity index (χ4v) is 7.68. The molecule has 2 aromatic carbocycles. The number of hydrogen-bond donors (Lipinski definition) is 0. The normalized spacial score (nSPS) is 23.1. The average Bonchev–Trinajstić information content (AvgIpc) is 3.20. The van der Waals surface area contributed by atoms with Crippen molar-refractivity contribution in [3.63, 3.8) is 0 Å². The summed E-state index contributed by atoms with van der Waals surface area (Å²) in [6.45, 7) is 0.335. The second-order valence-corrected chi connectivity index (χ2v) is 10.7.